The van der Waals surface area contributed by atoms with E-state index in [1.807, 2.05) is 36.0 Å². The Balaban J connectivity index is 1.96. The van der Waals surface area contributed by atoms with Crippen molar-refractivity contribution in [2.45, 2.75) is 44.2 Å². The fraction of sp³-hybridized carbons (Fsp3) is 0.643. The smallest absolute Gasteiger partial charge is 0.245 e. The van der Waals surface area contributed by atoms with E-state index >= 15 is 0 Å². The molecule has 18 heavy (non-hydrogen) atoms. The summed E-state index contributed by atoms with van der Waals surface area (Å²) in [6.45, 7) is 2.33. The van der Waals surface area contributed by atoms with Gasteiger partial charge in [-0.05, 0) is 31.9 Å². The first-order chi connectivity index (χ1) is 8.52. The predicted molar refractivity (Wildman–Crippen MR) is 70.2 cm³/mol. The molecule has 2 rings (SSSR count). The largest absolute Gasteiger partial charge is 0.388 e. The summed E-state index contributed by atoms with van der Waals surface area (Å²) in [7, 11) is 1.78. The van der Waals surface area contributed by atoms with Gasteiger partial charge in [-0.2, -0.15) is 0 Å². The fourth-order valence-corrected chi connectivity index (χ4v) is 2.76. The summed E-state index contributed by atoms with van der Waals surface area (Å²) in [5.41, 5.74) is -0.666. The molecule has 1 aromatic rings. The van der Waals surface area contributed by atoms with Gasteiger partial charge in [0.1, 0.15) is 6.04 Å². The zero-order chi connectivity index (χ0) is 13.2. The molecule has 0 saturated heterocycles. The maximum absolute atomic E-state index is 12.3. The molecule has 100 valence electrons. The third-order valence-electron chi connectivity index (χ3n) is 3.87. The summed E-state index contributed by atoms with van der Waals surface area (Å²) in [5, 5.41) is 10.3. The Labute approximate surface area is 108 Å². The van der Waals surface area contributed by atoms with Crippen LogP contribution < -0.4 is 0 Å². The molecule has 1 saturated carbocycles. The van der Waals surface area contributed by atoms with Gasteiger partial charge in [-0.1, -0.05) is 12.8 Å². The molecule has 1 atom stereocenters. The van der Waals surface area contributed by atoms with Crippen LogP contribution in [-0.4, -0.2) is 39.7 Å². The first-order valence-electron chi connectivity index (χ1n) is 6.62. The van der Waals surface area contributed by atoms with Crippen molar-refractivity contribution in [3.05, 3.63) is 24.5 Å². The minimum atomic E-state index is -0.666. The summed E-state index contributed by atoms with van der Waals surface area (Å²) >= 11 is 0. The van der Waals surface area contributed by atoms with E-state index in [4.69, 9.17) is 0 Å². The van der Waals surface area contributed by atoms with E-state index in [1.54, 1.807) is 11.9 Å². The third kappa shape index (κ3) is 2.75. The van der Waals surface area contributed by atoms with Gasteiger partial charge in [-0.15, -0.1) is 0 Å². The van der Waals surface area contributed by atoms with Crippen molar-refractivity contribution in [1.29, 1.82) is 0 Å². The van der Waals surface area contributed by atoms with E-state index in [0.29, 0.717) is 6.54 Å². The third-order valence-corrected chi connectivity index (χ3v) is 3.87. The number of aliphatic hydroxyl groups is 1. The molecular weight excluding hydrogens is 228 g/mol. The Morgan fingerprint density at radius 3 is 2.50 bits per heavy atom. The summed E-state index contributed by atoms with van der Waals surface area (Å²) in [5.74, 6) is 0.0477. The van der Waals surface area contributed by atoms with Crippen molar-refractivity contribution < 1.29 is 9.90 Å². The van der Waals surface area contributed by atoms with Gasteiger partial charge < -0.3 is 14.6 Å². The number of nitrogens with zero attached hydrogens (tertiary/aromatic N) is 2. The Hall–Kier alpha value is -1.29. The number of likely N-dealkylation sites (N-methyl/N-ethyl adjacent to an activating group) is 1. The second-order valence-corrected chi connectivity index (χ2v) is 5.43. The number of aromatic nitrogens is 1. The predicted octanol–water partition coefficient (Wildman–Crippen LogP) is 1.81. The van der Waals surface area contributed by atoms with Crippen molar-refractivity contribution in [1.82, 2.24) is 9.47 Å². The molecular formula is C14H22N2O2. The van der Waals surface area contributed by atoms with Crippen LogP contribution in [0, 0.1) is 0 Å². The normalized spacial score (nSPS) is 19.7. The van der Waals surface area contributed by atoms with Crippen molar-refractivity contribution in [2.75, 3.05) is 13.6 Å². The molecule has 4 heteroatoms. The first-order valence-corrected chi connectivity index (χ1v) is 6.62. The van der Waals surface area contributed by atoms with E-state index in [1.165, 1.54) is 0 Å². The minimum absolute atomic E-state index is 0.0477. The molecule has 1 fully saturated rings. The van der Waals surface area contributed by atoms with Crippen LogP contribution in [0.25, 0.3) is 0 Å². The van der Waals surface area contributed by atoms with Gasteiger partial charge in [0.05, 0.1) is 5.60 Å². The topological polar surface area (TPSA) is 45.5 Å². The molecule has 4 nitrogen and oxygen atoms in total. The van der Waals surface area contributed by atoms with Gasteiger partial charge in [0.2, 0.25) is 5.91 Å². The van der Waals surface area contributed by atoms with Gasteiger partial charge in [0.25, 0.3) is 0 Å². The first kappa shape index (κ1) is 13.1. The van der Waals surface area contributed by atoms with Crippen LogP contribution in [-0.2, 0) is 4.79 Å². The van der Waals surface area contributed by atoms with Crippen molar-refractivity contribution in [3.63, 3.8) is 0 Å². The zero-order valence-electron chi connectivity index (χ0n) is 11.2. The van der Waals surface area contributed by atoms with Gasteiger partial charge in [-0.25, -0.2) is 0 Å². The monoisotopic (exact) mass is 250 g/mol. The van der Waals surface area contributed by atoms with Crippen LogP contribution in [0.15, 0.2) is 24.5 Å². The SMILES string of the molecule is CC(C(=O)N(C)CC1(O)CCCC1)n1cccc1. The van der Waals surface area contributed by atoms with Crippen LogP contribution in [0.5, 0.6) is 0 Å². The van der Waals surface area contributed by atoms with E-state index in [0.717, 1.165) is 25.7 Å². The maximum Gasteiger partial charge on any atom is 0.245 e. The summed E-state index contributed by atoms with van der Waals surface area (Å²) in [6, 6.07) is 3.61. The van der Waals surface area contributed by atoms with Crippen LogP contribution >= 0.6 is 0 Å². The van der Waals surface area contributed by atoms with Crippen LogP contribution in [0.1, 0.15) is 38.6 Å². The maximum atomic E-state index is 12.3. The number of hydrogen-bond donors (Lipinski definition) is 1. The summed E-state index contributed by atoms with van der Waals surface area (Å²) < 4.78 is 1.89. The van der Waals surface area contributed by atoms with Crippen LogP contribution in [0.4, 0.5) is 0 Å². The highest BCUT2D eigenvalue weighted by Crippen LogP contribution is 2.30. The second-order valence-electron chi connectivity index (χ2n) is 5.43. The molecule has 1 N–H and O–H groups in total. The second kappa shape index (κ2) is 5.14. The standard InChI is InChI=1S/C14H22N2O2/c1-12(16-9-5-6-10-16)13(17)15(2)11-14(18)7-3-4-8-14/h5-6,9-10,12,18H,3-4,7-8,11H2,1-2H3. The fourth-order valence-electron chi connectivity index (χ4n) is 2.76. The molecule has 0 aliphatic heterocycles. The van der Waals surface area contributed by atoms with E-state index in [-0.39, 0.29) is 11.9 Å². The van der Waals surface area contributed by atoms with Crippen molar-refractivity contribution in [2.24, 2.45) is 0 Å². The van der Waals surface area contributed by atoms with Gasteiger partial charge in [-0.3, -0.25) is 4.79 Å². The molecule has 0 radical (unpaired) electrons. The molecule has 1 aliphatic carbocycles. The quantitative estimate of drug-likeness (QED) is 0.886. The highest BCUT2D eigenvalue weighted by Gasteiger charge is 2.34. The minimum Gasteiger partial charge on any atom is -0.388 e. The Bertz CT molecular complexity index is 394. The van der Waals surface area contributed by atoms with Gasteiger partial charge >= 0.3 is 0 Å². The molecule has 1 heterocycles. The molecule has 0 spiro atoms. The average Bonchev–Trinajstić information content (AvgIpc) is 2.98. The number of carbonyl (C=O) groups is 1. The molecule has 0 aromatic carbocycles. The lowest BCUT2D eigenvalue weighted by molar-refractivity contribution is -0.136. The number of carbonyl (C=O) groups excluding carboxylic acids is 1. The van der Waals surface area contributed by atoms with Crippen LogP contribution in [0.2, 0.25) is 0 Å². The number of amides is 1. The molecule has 1 amide bonds. The highest BCUT2D eigenvalue weighted by molar-refractivity contribution is 5.79. The van der Waals surface area contributed by atoms with Crippen LogP contribution in [0.3, 0.4) is 0 Å². The summed E-state index contributed by atoms with van der Waals surface area (Å²) in [6.07, 6.45) is 7.52. The average molecular weight is 250 g/mol. The Kier molecular flexibility index (Phi) is 3.76. The van der Waals surface area contributed by atoms with E-state index in [9.17, 15) is 9.90 Å². The molecule has 1 unspecified atom stereocenters. The number of hydrogen-bond acceptors (Lipinski definition) is 2. The number of rotatable bonds is 4. The molecule has 1 aromatic heterocycles. The lowest BCUT2D eigenvalue weighted by Gasteiger charge is -2.30. The van der Waals surface area contributed by atoms with E-state index < -0.39 is 5.60 Å². The Morgan fingerprint density at radius 1 is 1.39 bits per heavy atom. The highest BCUT2D eigenvalue weighted by atomic mass is 16.3. The zero-order valence-corrected chi connectivity index (χ0v) is 11.2. The van der Waals surface area contributed by atoms with Gasteiger partial charge in [0.15, 0.2) is 0 Å². The van der Waals surface area contributed by atoms with Gasteiger partial charge in [0, 0.05) is 26.0 Å². The van der Waals surface area contributed by atoms with E-state index in [2.05, 4.69) is 0 Å². The Morgan fingerprint density at radius 2 is 1.94 bits per heavy atom. The molecule has 0 bridgehead atoms. The lowest BCUT2D eigenvalue weighted by atomic mass is 10.0. The lowest BCUT2D eigenvalue weighted by Crippen LogP contribution is -2.44. The summed E-state index contributed by atoms with van der Waals surface area (Å²) in [4.78, 5) is 13.9. The van der Waals surface area contributed by atoms with Crippen molar-refractivity contribution in [3.8, 4) is 0 Å². The molecule has 1 aliphatic rings. The van der Waals surface area contributed by atoms with Crippen molar-refractivity contribution >= 4 is 5.91 Å².